The lowest BCUT2D eigenvalue weighted by Crippen LogP contribution is -2.28. The van der Waals surface area contributed by atoms with Crippen LogP contribution in [0.4, 0.5) is 0 Å². The molecule has 0 nitrogen and oxygen atoms in total. The molecule has 72 valence electrons. The molecule has 1 heterocycles. The van der Waals surface area contributed by atoms with Gasteiger partial charge in [-0.15, -0.1) is 17.9 Å². The average molecular weight is 202 g/mol. The Hall–Kier alpha value is -1.08. The van der Waals surface area contributed by atoms with Gasteiger partial charge in [0.25, 0.3) is 0 Å². The van der Waals surface area contributed by atoms with Crippen LogP contribution in [0.5, 0.6) is 0 Å². The first-order valence-electron chi connectivity index (χ1n) is 4.83. The Labute approximate surface area is 89.3 Å². The van der Waals surface area contributed by atoms with E-state index in [9.17, 15) is 0 Å². The molecule has 1 aromatic heterocycles. The molecule has 2 atom stereocenters. The summed E-state index contributed by atoms with van der Waals surface area (Å²) >= 11 is 1.80. The van der Waals surface area contributed by atoms with Crippen LogP contribution in [-0.4, -0.2) is 0 Å². The van der Waals surface area contributed by atoms with Crippen molar-refractivity contribution in [2.75, 3.05) is 0 Å². The third-order valence-electron chi connectivity index (χ3n) is 2.92. The molecule has 0 spiro atoms. The molecule has 0 radical (unpaired) electrons. The Bertz CT molecular complexity index is 370. The zero-order valence-electron chi connectivity index (χ0n) is 8.31. The molecule has 1 aliphatic carbocycles. The molecule has 2 unspecified atom stereocenters. The van der Waals surface area contributed by atoms with Crippen molar-refractivity contribution < 1.29 is 0 Å². The maximum atomic E-state index is 3.98. The van der Waals surface area contributed by atoms with Crippen LogP contribution in [0.2, 0.25) is 0 Å². The molecule has 0 fully saturated rings. The summed E-state index contributed by atoms with van der Waals surface area (Å²) in [6.07, 6.45) is 10.8. The molecule has 0 saturated carbocycles. The predicted octanol–water partition coefficient (Wildman–Crippen LogP) is 3.93. The minimum absolute atomic E-state index is 0.0168. The molecule has 1 aromatic rings. The number of allylic oxidation sites excluding steroid dienone is 5. The lowest BCUT2D eigenvalue weighted by Gasteiger charge is -2.32. The van der Waals surface area contributed by atoms with Gasteiger partial charge in [0.15, 0.2) is 0 Å². The van der Waals surface area contributed by atoms with E-state index in [1.54, 1.807) is 11.3 Å². The molecule has 0 aliphatic heterocycles. The topological polar surface area (TPSA) is 0 Å². The quantitative estimate of drug-likeness (QED) is 0.637. The fraction of sp³-hybridized carbons (Fsp3) is 0.231. The van der Waals surface area contributed by atoms with E-state index in [1.165, 1.54) is 4.88 Å². The first-order valence-corrected chi connectivity index (χ1v) is 5.71. The molecular formula is C13H14S. The molecule has 14 heavy (non-hydrogen) atoms. The smallest absolute Gasteiger partial charge is 0.0466 e. The van der Waals surface area contributed by atoms with Crippen molar-refractivity contribution in [2.24, 2.45) is 5.92 Å². The van der Waals surface area contributed by atoms with Crippen LogP contribution >= 0.6 is 11.3 Å². The van der Waals surface area contributed by atoms with Gasteiger partial charge in [-0.1, -0.05) is 43.4 Å². The van der Waals surface area contributed by atoms with E-state index in [0.29, 0.717) is 5.92 Å². The minimum atomic E-state index is 0.0168. The number of hydrogen-bond donors (Lipinski definition) is 0. The molecule has 0 bridgehead atoms. The second-order valence-corrected chi connectivity index (χ2v) is 4.59. The summed E-state index contributed by atoms with van der Waals surface area (Å²) < 4.78 is 0. The molecule has 1 heteroatoms. The second kappa shape index (κ2) is 3.58. The van der Waals surface area contributed by atoms with Crippen molar-refractivity contribution in [3.63, 3.8) is 0 Å². The first kappa shape index (κ1) is 9.47. The standard InChI is InChI=1S/C13H14S/c1-3-13(12-8-6-10-14-12)9-5-4-7-11(13)2/h3-11H,1H2,2H3. The van der Waals surface area contributed by atoms with Crippen molar-refractivity contribution in [2.45, 2.75) is 12.3 Å². The van der Waals surface area contributed by atoms with Gasteiger partial charge in [0.1, 0.15) is 0 Å². The van der Waals surface area contributed by atoms with Gasteiger partial charge < -0.3 is 0 Å². The normalized spacial score (nSPS) is 30.5. The van der Waals surface area contributed by atoms with Crippen molar-refractivity contribution in [3.8, 4) is 0 Å². The molecule has 0 amide bonds. The summed E-state index contributed by atoms with van der Waals surface area (Å²) in [7, 11) is 0. The summed E-state index contributed by atoms with van der Waals surface area (Å²) in [4.78, 5) is 1.38. The summed E-state index contributed by atoms with van der Waals surface area (Å²) in [5, 5.41) is 2.12. The van der Waals surface area contributed by atoms with Gasteiger partial charge in [-0.05, 0) is 17.4 Å². The number of hydrogen-bond acceptors (Lipinski definition) is 1. The molecule has 0 aromatic carbocycles. The highest BCUT2D eigenvalue weighted by Crippen LogP contribution is 2.40. The maximum absolute atomic E-state index is 3.98. The van der Waals surface area contributed by atoms with E-state index < -0.39 is 0 Å². The predicted molar refractivity (Wildman–Crippen MR) is 63.6 cm³/mol. The van der Waals surface area contributed by atoms with Crippen molar-refractivity contribution in [1.82, 2.24) is 0 Å². The highest BCUT2D eigenvalue weighted by Gasteiger charge is 2.32. The number of rotatable bonds is 2. The van der Waals surface area contributed by atoms with E-state index >= 15 is 0 Å². The fourth-order valence-corrected chi connectivity index (χ4v) is 2.94. The molecule has 0 saturated heterocycles. The maximum Gasteiger partial charge on any atom is 0.0466 e. The van der Waals surface area contributed by atoms with Crippen LogP contribution in [0.3, 0.4) is 0 Å². The third kappa shape index (κ3) is 1.28. The number of thiophene rings is 1. The molecule has 1 aliphatic rings. The van der Waals surface area contributed by atoms with Crippen molar-refractivity contribution in [3.05, 3.63) is 59.3 Å². The van der Waals surface area contributed by atoms with Gasteiger partial charge in [-0.2, -0.15) is 0 Å². The minimum Gasteiger partial charge on any atom is -0.148 e. The van der Waals surface area contributed by atoms with E-state index in [2.05, 4.69) is 61.4 Å². The van der Waals surface area contributed by atoms with Gasteiger partial charge in [0, 0.05) is 10.3 Å². The van der Waals surface area contributed by atoms with Gasteiger partial charge in [0.05, 0.1) is 0 Å². The largest absolute Gasteiger partial charge is 0.148 e. The third-order valence-corrected chi connectivity index (χ3v) is 3.96. The monoisotopic (exact) mass is 202 g/mol. The van der Waals surface area contributed by atoms with Crippen LogP contribution in [-0.2, 0) is 5.41 Å². The SMILES string of the molecule is C=CC1(c2cccs2)C=CC=CC1C. The van der Waals surface area contributed by atoms with Gasteiger partial charge in [0.2, 0.25) is 0 Å². The van der Waals surface area contributed by atoms with E-state index in [4.69, 9.17) is 0 Å². The highest BCUT2D eigenvalue weighted by molar-refractivity contribution is 7.10. The Balaban J connectivity index is 2.49. The van der Waals surface area contributed by atoms with Gasteiger partial charge >= 0.3 is 0 Å². The summed E-state index contributed by atoms with van der Waals surface area (Å²) in [6, 6.07) is 4.29. The molecule has 0 N–H and O–H groups in total. The first-order chi connectivity index (χ1) is 6.79. The summed E-state index contributed by atoms with van der Waals surface area (Å²) in [6.45, 7) is 6.22. The lowest BCUT2D eigenvalue weighted by molar-refractivity contribution is 0.521. The Kier molecular flexibility index (Phi) is 2.42. The Morgan fingerprint density at radius 3 is 2.93 bits per heavy atom. The molecular weight excluding hydrogens is 188 g/mol. The van der Waals surface area contributed by atoms with Crippen LogP contribution in [0, 0.1) is 5.92 Å². The van der Waals surface area contributed by atoms with E-state index in [0.717, 1.165) is 0 Å². The van der Waals surface area contributed by atoms with E-state index in [1.807, 2.05) is 0 Å². The van der Waals surface area contributed by atoms with Gasteiger partial charge in [-0.3, -0.25) is 0 Å². The van der Waals surface area contributed by atoms with Crippen molar-refractivity contribution in [1.29, 1.82) is 0 Å². The van der Waals surface area contributed by atoms with E-state index in [-0.39, 0.29) is 5.41 Å². The van der Waals surface area contributed by atoms with Crippen LogP contribution < -0.4 is 0 Å². The fourth-order valence-electron chi connectivity index (χ4n) is 1.94. The zero-order valence-corrected chi connectivity index (χ0v) is 9.13. The van der Waals surface area contributed by atoms with Crippen LogP contribution in [0.25, 0.3) is 0 Å². The molecule has 2 rings (SSSR count). The summed E-state index contributed by atoms with van der Waals surface area (Å²) in [5.74, 6) is 0.489. The lowest BCUT2D eigenvalue weighted by atomic mass is 9.73. The summed E-state index contributed by atoms with van der Waals surface area (Å²) in [5.41, 5.74) is 0.0168. The Morgan fingerprint density at radius 1 is 1.50 bits per heavy atom. The highest BCUT2D eigenvalue weighted by atomic mass is 32.1. The van der Waals surface area contributed by atoms with Crippen molar-refractivity contribution >= 4 is 11.3 Å². The Morgan fingerprint density at radius 2 is 2.36 bits per heavy atom. The van der Waals surface area contributed by atoms with Gasteiger partial charge in [-0.25, -0.2) is 0 Å². The zero-order chi connectivity index (χ0) is 10.0. The second-order valence-electron chi connectivity index (χ2n) is 3.65. The van der Waals surface area contributed by atoms with Crippen LogP contribution in [0.15, 0.2) is 54.5 Å². The van der Waals surface area contributed by atoms with Crippen LogP contribution in [0.1, 0.15) is 11.8 Å². The average Bonchev–Trinajstić information content (AvgIpc) is 2.72.